The van der Waals surface area contributed by atoms with E-state index >= 15 is 0 Å². The van der Waals surface area contributed by atoms with Crippen LogP contribution in [0.4, 0.5) is 11.4 Å². The minimum absolute atomic E-state index is 0.0582. The van der Waals surface area contributed by atoms with Crippen molar-refractivity contribution in [2.45, 2.75) is 6.92 Å². The number of nitriles is 1. The second kappa shape index (κ2) is 6.80. The predicted molar refractivity (Wildman–Crippen MR) is 72.6 cm³/mol. The maximum atomic E-state index is 11.2. The molecule has 3 N–H and O–H groups in total. The van der Waals surface area contributed by atoms with Gasteiger partial charge in [0.05, 0.1) is 30.1 Å². The van der Waals surface area contributed by atoms with Crippen molar-refractivity contribution in [2.24, 2.45) is 0 Å². The van der Waals surface area contributed by atoms with Crippen LogP contribution in [0.15, 0.2) is 24.4 Å². The monoisotopic (exact) mass is 275 g/mol. The highest BCUT2D eigenvalue weighted by Crippen LogP contribution is 2.31. The highest BCUT2D eigenvalue weighted by atomic mass is 16.5. The zero-order valence-corrected chi connectivity index (χ0v) is 10.9. The number of nitrogens with one attached hydrogen (secondary N) is 2. The van der Waals surface area contributed by atoms with Gasteiger partial charge in [0.15, 0.2) is 0 Å². The Bertz CT molecular complexity index is 602. The summed E-state index contributed by atoms with van der Waals surface area (Å²) in [5.41, 5.74) is 0.444. The molecule has 0 aromatic heterocycles. The Labute approximate surface area is 115 Å². The Morgan fingerprint density at radius 2 is 2.10 bits per heavy atom. The zero-order valence-electron chi connectivity index (χ0n) is 10.9. The summed E-state index contributed by atoms with van der Waals surface area (Å²) in [6.07, 6.45) is 2.47. The lowest BCUT2D eigenvalue weighted by Gasteiger charge is -2.13. The van der Waals surface area contributed by atoms with Crippen molar-refractivity contribution in [1.29, 1.82) is 5.26 Å². The molecule has 1 rings (SSSR count). The van der Waals surface area contributed by atoms with Crippen LogP contribution in [-0.4, -0.2) is 24.1 Å². The summed E-state index contributed by atoms with van der Waals surface area (Å²) in [4.78, 5) is 22.3. The summed E-state index contributed by atoms with van der Waals surface area (Å²) in [5, 5.41) is 22.7. The largest absolute Gasteiger partial charge is 0.494 e. The summed E-state index contributed by atoms with van der Waals surface area (Å²) in [6.45, 7) is 1.31. The van der Waals surface area contributed by atoms with Crippen molar-refractivity contribution in [3.05, 3.63) is 30.0 Å². The fourth-order valence-electron chi connectivity index (χ4n) is 1.50. The van der Waals surface area contributed by atoms with E-state index in [9.17, 15) is 9.59 Å². The number of ether oxygens (including phenoxy) is 1. The Morgan fingerprint density at radius 3 is 2.60 bits per heavy atom. The number of methoxy groups -OCH3 is 1. The van der Waals surface area contributed by atoms with E-state index in [1.807, 2.05) is 0 Å². The first kappa shape index (κ1) is 15.0. The molecule has 104 valence electrons. The van der Waals surface area contributed by atoms with Crippen LogP contribution in [0.5, 0.6) is 5.75 Å². The van der Waals surface area contributed by atoms with Crippen molar-refractivity contribution in [2.75, 3.05) is 17.7 Å². The molecule has 1 aromatic rings. The molecule has 0 spiro atoms. The first-order valence-electron chi connectivity index (χ1n) is 5.53. The van der Waals surface area contributed by atoms with Crippen molar-refractivity contribution >= 4 is 23.3 Å². The lowest BCUT2D eigenvalue weighted by molar-refractivity contribution is -0.114. The Hall–Kier alpha value is -3.01. The Morgan fingerprint density at radius 1 is 1.40 bits per heavy atom. The van der Waals surface area contributed by atoms with E-state index in [1.165, 1.54) is 38.4 Å². The number of benzene rings is 1. The molecule has 0 fully saturated rings. The molecule has 0 atom stereocenters. The molecule has 20 heavy (non-hydrogen) atoms. The van der Waals surface area contributed by atoms with Gasteiger partial charge in [-0.05, 0) is 6.07 Å². The van der Waals surface area contributed by atoms with E-state index < -0.39 is 5.97 Å². The molecule has 0 saturated carbocycles. The molecule has 7 heteroatoms. The maximum absolute atomic E-state index is 11.2. The number of rotatable bonds is 5. The lowest BCUT2D eigenvalue weighted by Crippen LogP contribution is -2.10. The topological polar surface area (TPSA) is 111 Å². The van der Waals surface area contributed by atoms with Crippen LogP contribution >= 0.6 is 0 Å². The average molecular weight is 275 g/mol. The molecule has 1 amide bonds. The molecule has 7 nitrogen and oxygen atoms in total. The van der Waals surface area contributed by atoms with E-state index in [4.69, 9.17) is 15.1 Å². The minimum Gasteiger partial charge on any atom is -0.494 e. The third kappa shape index (κ3) is 3.74. The first-order valence-corrected chi connectivity index (χ1v) is 5.53. The molecule has 0 aliphatic heterocycles. The molecule has 0 bridgehead atoms. The van der Waals surface area contributed by atoms with E-state index in [-0.39, 0.29) is 22.8 Å². The first-order chi connectivity index (χ1) is 9.49. The van der Waals surface area contributed by atoms with E-state index in [0.717, 1.165) is 0 Å². The van der Waals surface area contributed by atoms with Crippen LogP contribution in [-0.2, 0) is 4.79 Å². The van der Waals surface area contributed by atoms with Crippen molar-refractivity contribution in [1.82, 2.24) is 0 Å². The van der Waals surface area contributed by atoms with Crippen molar-refractivity contribution < 1.29 is 19.4 Å². The number of aromatic carboxylic acids is 1. The van der Waals surface area contributed by atoms with Crippen molar-refractivity contribution in [3.8, 4) is 11.8 Å². The number of anilines is 2. The Balaban J connectivity index is 3.29. The highest BCUT2D eigenvalue weighted by molar-refractivity contribution is 5.99. The molecule has 0 unspecified atom stereocenters. The fraction of sp³-hybridized carbons (Fsp3) is 0.154. The van der Waals surface area contributed by atoms with Crippen LogP contribution in [0.1, 0.15) is 17.3 Å². The number of carboxylic acids is 1. The van der Waals surface area contributed by atoms with Crippen LogP contribution < -0.4 is 15.4 Å². The highest BCUT2D eigenvalue weighted by Gasteiger charge is 2.15. The summed E-state index contributed by atoms with van der Waals surface area (Å²) in [5.74, 6) is -1.21. The van der Waals surface area contributed by atoms with E-state index in [1.54, 1.807) is 6.07 Å². The smallest absolute Gasteiger partial charge is 0.337 e. The van der Waals surface area contributed by atoms with Gasteiger partial charge in [0, 0.05) is 25.3 Å². The summed E-state index contributed by atoms with van der Waals surface area (Å²) in [6, 6.07) is 4.48. The molecule has 0 radical (unpaired) electrons. The van der Waals surface area contributed by atoms with Gasteiger partial charge in [-0.3, -0.25) is 4.79 Å². The molecule has 1 aromatic carbocycles. The van der Waals surface area contributed by atoms with E-state index in [0.29, 0.717) is 5.75 Å². The van der Waals surface area contributed by atoms with Gasteiger partial charge in [0.1, 0.15) is 5.75 Å². The van der Waals surface area contributed by atoms with Gasteiger partial charge in [-0.15, -0.1) is 0 Å². The van der Waals surface area contributed by atoms with Gasteiger partial charge in [0.25, 0.3) is 0 Å². The minimum atomic E-state index is -1.17. The Kier molecular flexibility index (Phi) is 5.12. The predicted octanol–water partition coefficient (Wildman–Crippen LogP) is 1.80. The maximum Gasteiger partial charge on any atom is 0.337 e. The summed E-state index contributed by atoms with van der Waals surface area (Å²) >= 11 is 0. The molecule has 0 heterocycles. The van der Waals surface area contributed by atoms with Crippen LogP contribution in [0.3, 0.4) is 0 Å². The molecule has 0 saturated heterocycles. The summed E-state index contributed by atoms with van der Waals surface area (Å²) in [7, 11) is 1.40. The van der Waals surface area contributed by atoms with Crippen LogP contribution in [0, 0.1) is 11.3 Å². The number of allylic oxidation sites excluding steroid dienone is 1. The normalized spacial score (nSPS) is 9.85. The molecular weight excluding hydrogens is 262 g/mol. The second-order valence-corrected chi connectivity index (χ2v) is 3.69. The lowest BCUT2D eigenvalue weighted by atomic mass is 10.1. The van der Waals surface area contributed by atoms with Crippen molar-refractivity contribution in [3.63, 3.8) is 0 Å². The molecule has 0 aliphatic rings. The second-order valence-electron chi connectivity index (χ2n) is 3.69. The number of amides is 1. The van der Waals surface area contributed by atoms with Crippen LogP contribution in [0.2, 0.25) is 0 Å². The van der Waals surface area contributed by atoms with Crippen LogP contribution in [0.25, 0.3) is 0 Å². The summed E-state index contributed by atoms with van der Waals surface area (Å²) < 4.78 is 5.09. The molecule has 0 aliphatic carbocycles. The van der Waals surface area contributed by atoms with Gasteiger partial charge >= 0.3 is 5.97 Å². The standard InChI is InChI=1S/C13H13N3O4/c1-8(17)16-11-6-9(13(18)19)10(7-12(11)20-2)15-5-3-4-14/h3,5-7,15H,1-2H3,(H,16,17)(H,18,19)/b5-3+. The average Bonchev–Trinajstić information content (AvgIpc) is 2.39. The third-order valence-corrected chi connectivity index (χ3v) is 2.28. The number of hydrogen-bond acceptors (Lipinski definition) is 5. The zero-order chi connectivity index (χ0) is 15.1. The number of carboxylic acid groups (broad SMARTS) is 1. The third-order valence-electron chi connectivity index (χ3n) is 2.28. The van der Waals surface area contributed by atoms with Gasteiger partial charge < -0.3 is 20.5 Å². The van der Waals surface area contributed by atoms with Gasteiger partial charge in [-0.25, -0.2) is 4.79 Å². The number of nitrogens with zero attached hydrogens (tertiary/aromatic N) is 1. The SMILES string of the molecule is COc1cc(N/C=C/C#N)c(C(=O)O)cc1NC(C)=O. The van der Waals surface area contributed by atoms with Gasteiger partial charge in [0.2, 0.25) is 5.91 Å². The number of hydrogen-bond donors (Lipinski definition) is 3. The number of carbonyl (C=O) groups is 2. The van der Waals surface area contributed by atoms with Gasteiger partial charge in [-0.1, -0.05) is 0 Å². The van der Waals surface area contributed by atoms with E-state index in [2.05, 4.69) is 10.6 Å². The fourth-order valence-corrected chi connectivity index (χ4v) is 1.50. The quantitative estimate of drug-likeness (QED) is 0.706. The van der Waals surface area contributed by atoms with Gasteiger partial charge in [-0.2, -0.15) is 5.26 Å². The molecular formula is C13H13N3O4. The number of carbonyl (C=O) groups excluding carboxylic acids is 1.